The fourth-order valence-corrected chi connectivity index (χ4v) is 8.19. The Hall–Kier alpha value is -8.07. The van der Waals surface area contributed by atoms with Crippen LogP contribution in [0.1, 0.15) is 37.5 Å². The third-order valence-electron chi connectivity index (χ3n) is 11.4. The van der Waals surface area contributed by atoms with Crippen molar-refractivity contribution in [1.29, 1.82) is 0 Å². The molecule has 10 rings (SSSR count). The SMILES string of the molecule is CC1(CNC(=O)OCc2ccccc2)Oc2cc3c4cc5c(cc4c4cc6c(cc4c3cc2O1)OC(C)(CNC(=O)OCc1ccccc1)O6)OC(C)(CNC(=O)OCc1ccccc1)O5. The van der Waals surface area contributed by atoms with Crippen molar-refractivity contribution < 1.29 is 57.0 Å². The topological polar surface area (TPSA) is 170 Å². The van der Waals surface area contributed by atoms with Gasteiger partial charge in [-0.05, 0) is 85.4 Å². The van der Waals surface area contributed by atoms with Gasteiger partial charge in [0, 0.05) is 20.8 Å². The minimum absolute atomic E-state index is 0.0106. The molecule has 15 nitrogen and oxygen atoms in total. The van der Waals surface area contributed by atoms with E-state index in [4.69, 9.17) is 42.6 Å². The van der Waals surface area contributed by atoms with E-state index in [0.29, 0.717) is 34.5 Å². The summed E-state index contributed by atoms with van der Waals surface area (Å²) in [6.45, 7) is 5.52. The molecule has 0 aromatic heterocycles. The van der Waals surface area contributed by atoms with Crippen LogP contribution in [-0.2, 0) is 34.0 Å². The van der Waals surface area contributed by atoms with Gasteiger partial charge in [0.1, 0.15) is 19.8 Å². The number of carbonyl (C=O) groups excluding carboxylic acids is 3. The van der Waals surface area contributed by atoms with Gasteiger partial charge in [0.05, 0.1) is 19.6 Å². The Morgan fingerprint density at radius 3 is 0.803 bits per heavy atom. The number of alkyl carbamates (subject to hydrolysis) is 3. The predicted molar refractivity (Wildman–Crippen MR) is 242 cm³/mol. The van der Waals surface area contributed by atoms with Gasteiger partial charge >= 0.3 is 18.3 Å². The molecule has 3 heterocycles. The number of amides is 3. The highest BCUT2D eigenvalue weighted by Crippen LogP contribution is 2.52. The first kappa shape index (κ1) is 41.9. The van der Waals surface area contributed by atoms with Gasteiger partial charge < -0.3 is 58.6 Å². The number of benzene rings is 7. The predicted octanol–water partition coefficient (Wildman–Crippen LogP) is 9.39. The number of hydrogen-bond donors (Lipinski definition) is 3. The molecule has 0 bridgehead atoms. The van der Waals surface area contributed by atoms with Crippen molar-refractivity contribution in [2.24, 2.45) is 0 Å². The van der Waals surface area contributed by atoms with Gasteiger partial charge in [-0.3, -0.25) is 0 Å². The molecule has 336 valence electrons. The second-order valence-corrected chi connectivity index (χ2v) is 16.8. The summed E-state index contributed by atoms with van der Waals surface area (Å²) < 4.78 is 54.7. The van der Waals surface area contributed by atoms with Crippen LogP contribution in [0, 0.1) is 0 Å². The van der Waals surface area contributed by atoms with E-state index in [9.17, 15) is 14.4 Å². The molecule has 7 aromatic carbocycles. The largest absolute Gasteiger partial charge is 0.447 e. The van der Waals surface area contributed by atoms with Crippen LogP contribution in [-0.4, -0.2) is 55.3 Å². The minimum Gasteiger partial charge on any atom is -0.447 e. The van der Waals surface area contributed by atoms with E-state index < -0.39 is 35.6 Å². The van der Waals surface area contributed by atoms with Gasteiger partial charge in [-0.2, -0.15) is 0 Å². The summed E-state index contributed by atoms with van der Waals surface area (Å²) in [5.74, 6) is -1.01. The Balaban J connectivity index is 0.931. The fraction of sp³-hybridized carbons (Fsp3) is 0.235. The molecule has 0 spiro atoms. The van der Waals surface area contributed by atoms with Crippen LogP contribution in [0.4, 0.5) is 14.4 Å². The number of nitrogens with one attached hydrogen (secondary N) is 3. The molecule has 3 amide bonds. The molecule has 0 fully saturated rings. The third kappa shape index (κ3) is 8.74. The number of ether oxygens (including phenoxy) is 9. The number of hydrogen-bond acceptors (Lipinski definition) is 12. The average Bonchev–Trinajstić information content (AvgIpc) is 3.97. The van der Waals surface area contributed by atoms with Gasteiger partial charge in [-0.1, -0.05) is 91.0 Å². The minimum atomic E-state index is -1.26. The maximum Gasteiger partial charge on any atom is 0.407 e. The van der Waals surface area contributed by atoms with Crippen molar-refractivity contribution in [2.45, 2.75) is 58.0 Å². The first-order chi connectivity index (χ1) is 31.9. The van der Waals surface area contributed by atoms with Gasteiger partial charge in [-0.15, -0.1) is 0 Å². The number of carbonyl (C=O) groups is 3. The smallest absolute Gasteiger partial charge is 0.407 e. The molecular weight excluding hydrogens is 847 g/mol. The molecule has 0 saturated heterocycles. The molecule has 0 radical (unpaired) electrons. The summed E-state index contributed by atoms with van der Waals surface area (Å²) in [5.41, 5.74) is 2.58. The Kier molecular flexibility index (Phi) is 10.7. The first-order valence-corrected chi connectivity index (χ1v) is 21.4. The quantitative estimate of drug-likeness (QED) is 0.0786. The van der Waals surface area contributed by atoms with Gasteiger partial charge in [0.15, 0.2) is 34.5 Å². The van der Waals surface area contributed by atoms with Crippen LogP contribution in [0.5, 0.6) is 34.5 Å². The zero-order chi connectivity index (χ0) is 45.5. The maximum atomic E-state index is 12.7. The summed E-state index contributed by atoms with van der Waals surface area (Å²) in [4.78, 5) is 38.2. The van der Waals surface area contributed by atoms with E-state index >= 15 is 0 Å². The van der Waals surface area contributed by atoms with Crippen LogP contribution >= 0.6 is 0 Å². The molecule has 0 atom stereocenters. The Labute approximate surface area is 378 Å². The second kappa shape index (κ2) is 16.8. The van der Waals surface area contributed by atoms with E-state index in [1.807, 2.05) is 127 Å². The van der Waals surface area contributed by atoms with E-state index in [0.717, 1.165) is 49.0 Å². The van der Waals surface area contributed by atoms with Crippen LogP contribution in [0.25, 0.3) is 32.3 Å². The lowest BCUT2D eigenvalue weighted by Gasteiger charge is -2.23. The lowest BCUT2D eigenvalue weighted by molar-refractivity contribution is -0.0587. The highest BCUT2D eigenvalue weighted by Gasteiger charge is 2.41. The summed E-state index contributed by atoms with van der Waals surface area (Å²) in [6, 6.07) is 39.6. The van der Waals surface area contributed by atoms with Crippen molar-refractivity contribution >= 4 is 50.6 Å². The number of fused-ring (bicyclic) bond motifs is 9. The van der Waals surface area contributed by atoms with E-state index in [1.165, 1.54) is 0 Å². The Bertz CT molecular complexity index is 2550. The zero-order valence-electron chi connectivity index (χ0n) is 36.3. The van der Waals surface area contributed by atoms with Crippen LogP contribution in [0.2, 0.25) is 0 Å². The Morgan fingerprint density at radius 2 is 0.591 bits per heavy atom. The van der Waals surface area contributed by atoms with Gasteiger partial charge in [-0.25, -0.2) is 14.4 Å². The highest BCUT2D eigenvalue weighted by atomic mass is 16.7. The summed E-state index contributed by atoms with van der Waals surface area (Å²) >= 11 is 0. The van der Waals surface area contributed by atoms with Crippen LogP contribution in [0.3, 0.4) is 0 Å². The summed E-state index contributed by atoms with van der Waals surface area (Å²) in [7, 11) is 0. The molecule has 3 aliphatic heterocycles. The molecule has 0 saturated carbocycles. The van der Waals surface area contributed by atoms with E-state index in [1.54, 1.807) is 20.8 Å². The third-order valence-corrected chi connectivity index (χ3v) is 11.4. The van der Waals surface area contributed by atoms with Gasteiger partial charge in [0.25, 0.3) is 17.4 Å². The molecule has 3 aliphatic rings. The molecule has 0 unspecified atom stereocenters. The Morgan fingerprint density at radius 1 is 0.379 bits per heavy atom. The molecule has 15 heteroatoms. The maximum absolute atomic E-state index is 12.7. The van der Waals surface area contributed by atoms with Crippen LogP contribution in [0.15, 0.2) is 127 Å². The number of rotatable bonds is 12. The fourth-order valence-electron chi connectivity index (χ4n) is 8.19. The molecular formula is C51H45N3O12. The van der Waals surface area contributed by atoms with Crippen molar-refractivity contribution in [1.82, 2.24) is 16.0 Å². The first-order valence-electron chi connectivity index (χ1n) is 21.4. The second-order valence-electron chi connectivity index (χ2n) is 16.8. The standard InChI is InChI=1S/C51H45N3O12/c1-49(28-52-46(55)58-25-31-13-7-4-8-14-31)61-40-19-34-35(20-41(40)62-49)37-22-43-45(66-51(3,64-43)30-54-48(57)60-27-33-17-11-6-12-18-33)24-39(37)38-23-44-42(21-36(34)38)63-50(2,65-44)29-53-47(56)59-26-32-15-9-5-10-16-32/h4-24H,25-30H2,1-3H3,(H,52,55)(H,53,56)(H,54,57). The van der Waals surface area contributed by atoms with Crippen molar-refractivity contribution in [3.8, 4) is 34.5 Å². The van der Waals surface area contributed by atoms with Crippen molar-refractivity contribution in [3.05, 3.63) is 144 Å². The van der Waals surface area contributed by atoms with Gasteiger partial charge in [0.2, 0.25) is 0 Å². The molecule has 3 N–H and O–H groups in total. The van der Waals surface area contributed by atoms with E-state index in [-0.39, 0.29) is 39.5 Å². The highest BCUT2D eigenvalue weighted by molar-refractivity contribution is 6.27. The average molecular weight is 892 g/mol. The normalized spacial score (nSPS) is 19.7. The van der Waals surface area contributed by atoms with Crippen LogP contribution < -0.4 is 44.4 Å². The van der Waals surface area contributed by atoms with E-state index in [2.05, 4.69) is 16.0 Å². The molecule has 0 aliphatic carbocycles. The monoisotopic (exact) mass is 891 g/mol. The summed E-state index contributed by atoms with van der Waals surface area (Å²) in [5, 5.41) is 13.1. The zero-order valence-corrected chi connectivity index (χ0v) is 36.3. The summed E-state index contributed by atoms with van der Waals surface area (Å²) in [6.07, 6.45) is -1.85. The van der Waals surface area contributed by atoms with Crippen molar-refractivity contribution in [3.63, 3.8) is 0 Å². The lowest BCUT2D eigenvalue weighted by atomic mass is 9.93. The molecule has 66 heavy (non-hydrogen) atoms. The lowest BCUT2D eigenvalue weighted by Crippen LogP contribution is -2.47. The van der Waals surface area contributed by atoms with Crippen molar-refractivity contribution in [2.75, 3.05) is 19.6 Å². The molecule has 7 aromatic rings.